The van der Waals surface area contributed by atoms with Crippen molar-refractivity contribution in [3.63, 3.8) is 0 Å². The number of hydrogen-bond acceptors (Lipinski definition) is 2. The number of fused-ring (bicyclic) bond motifs is 1. The fourth-order valence-electron chi connectivity index (χ4n) is 1.38. The van der Waals surface area contributed by atoms with Gasteiger partial charge in [0.25, 0.3) is 0 Å². The molecule has 0 saturated heterocycles. The maximum absolute atomic E-state index is 13.6. The van der Waals surface area contributed by atoms with Crippen LogP contribution in [0.5, 0.6) is 0 Å². The lowest BCUT2D eigenvalue weighted by Gasteiger charge is -1.99. The minimum absolute atomic E-state index is 0.0381. The molecular formula is C10H7FN2O. The number of carbonyl (C=O) groups excluding carboxylic acids is 1. The zero-order valence-electron chi connectivity index (χ0n) is 7.25. The number of nitrogens with one attached hydrogen (secondary N) is 1. The minimum Gasteiger partial charge on any atom is -0.361 e. The Balaban J connectivity index is 2.55. The smallest absolute Gasteiger partial charge is 0.235 e. The van der Waals surface area contributed by atoms with Gasteiger partial charge in [-0.25, -0.2) is 14.2 Å². The van der Waals surface area contributed by atoms with Crippen molar-refractivity contribution in [1.82, 2.24) is 4.98 Å². The lowest BCUT2D eigenvalue weighted by atomic mass is 10.1. The number of hydrogen-bond donors (Lipinski definition) is 1. The fraction of sp³-hybridized carbons (Fsp3) is 0.100. The molecule has 2 rings (SSSR count). The number of aromatic amines is 1. The first-order valence-corrected chi connectivity index (χ1v) is 4.11. The molecule has 0 atom stereocenters. The van der Waals surface area contributed by atoms with Crippen LogP contribution in [0.2, 0.25) is 0 Å². The van der Waals surface area contributed by atoms with Gasteiger partial charge in [-0.2, -0.15) is 0 Å². The summed E-state index contributed by atoms with van der Waals surface area (Å²) >= 11 is 0. The first kappa shape index (κ1) is 8.66. The molecular weight excluding hydrogens is 183 g/mol. The summed E-state index contributed by atoms with van der Waals surface area (Å²) in [6.07, 6.45) is 3.05. The molecule has 0 aliphatic carbocycles. The summed E-state index contributed by atoms with van der Waals surface area (Å²) < 4.78 is 13.6. The normalized spacial score (nSPS) is 10.1. The molecule has 0 amide bonds. The zero-order valence-corrected chi connectivity index (χ0v) is 7.25. The first-order valence-electron chi connectivity index (χ1n) is 4.11. The highest BCUT2D eigenvalue weighted by Gasteiger charge is 2.06. The van der Waals surface area contributed by atoms with Gasteiger partial charge in [-0.1, -0.05) is 6.07 Å². The van der Waals surface area contributed by atoms with E-state index in [9.17, 15) is 9.18 Å². The van der Waals surface area contributed by atoms with Crippen LogP contribution in [0, 0.1) is 5.82 Å². The van der Waals surface area contributed by atoms with Gasteiger partial charge in [0.05, 0.1) is 6.54 Å². The molecule has 1 N–H and O–H groups in total. The molecule has 0 fully saturated rings. The highest BCUT2D eigenvalue weighted by Crippen LogP contribution is 2.20. The van der Waals surface area contributed by atoms with Crippen molar-refractivity contribution in [3.05, 3.63) is 35.8 Å². The van der Waals surface area contributed by atoms with E-state index in [-0.39, 0.29) is 12.4 Å². The molecule has 3 nitrogen and oxygen atoms in total. The highest BCUT2D eigenvalue weighted by molar-refractivity contribution is 5.80. The van der Waals surface area contributed by atoms with Gasteiger partial charge in [-0.3, -0.25) is 0 Å². The van der Waals surface area contributed by atoms with Gasteiger partial charge in [-0.15, -0.1) is 0 Å². The zero-order chi connectivity index (χ0) is 9.97. The number of isocyanates is 1. The summed E-state index contributed by atoms with van der Waals surface area (Å²) in [4.78, 5) is 16.1. The second-order valence-corrected chi connectivity index (χ2v) is 2.89. The quantitative estimate of drug-likeness (QED) is 0.572. The van der Waals surface area contributed by atoms with E-state index < -0.39 is 0 Å². The summed E-state index contributed by atoms with van der Waals surface area (Å²) in [5.74, 6) is -0.331. The maximum Gasteiger partial charge on any atom is 0.235 e. The average molecular weight is 190 g/mol. The number of aromatic nitrogens is 1. The van der Waals surface area contributed by atoms with Gasteiger partial charge < -0.3 is 4.98 Å². The third-order valence-electron chi connectivity index (χ3n) is 2.06. The van der Waals surface area contributed by atoms with Crippen molar-refractivity contribution >= 4 is 17.0 Å². The number of aliphatic imine (C=N–C) groups is 1. The van der Waals surface area contributed by atoms with Crippen LogP contribution in [0.25, 0.3) is 10.9 Å². The third-order valence-corrected chi connectivity index (χ3v) is 2.06. The molecule has 2 aromatic rings. The van der Waals surface area contributed by atoms with Crippen LogP contribution in [0.3, 0.4) is 0 Å². The van der Waals surface area contributed by atoms with Crippen LogP contribution in [0.15, 0.2) is 29.4 Å². The predicted octanol–water partition coefficient (Wildman–Crippen LogP) is 2.14. The minimum atomic E-state index is -0.331. The van der Waals surface area contributed by atoms with Crippen molar-refractivity contribution in [3.8, 4) is 0 Å². The summed E-state index contributed by atoms with van der Waals surface area (Å²) in [7, 11) is 0. The Labute approximate surface area is 79.3 Å². The Morgan fingerprint density at radius 2 is 2.29 bits per heavy atom. The first-order chi connectivity index (χ1) is 6.83. The van der Waals surface area contributed by atoms with Crippen molar-refractivity contribution in [2.24, 2.45) is 4.99 Å². The number of nitrogens with zero attached hydrogens (tertiary/aromatic N) is 1. The Morgan fingerprint density at radius 3 is 3.07 bits per heavy atom. The van der Waals surface area contributed by atoms with Crippen LogP contribution < -0.4 is 0 Å². The molecule has 1 aromatic carbocycles. The Morgan fingerprint density at radius 1 is 1.43 bits per heavy atom. The summed E-state index contributed by atoms with van der Waals surface area (Å²) in [5, 5.41) is 0.517. The van der Waals surface area contributed by atoms with E-state index in [1.54, 1.807) is 24.4 Å². The molecule has 0 saturated carbocycles. The number of rotatable bonds is 2. The number of halogens is 1. The lowest BCUT2D eigenvalue weighted by molar-refractivity contribution is 0.562. The predicted molar refractivity (Wildman–Crippen MR) is 50.1 cm³/mol. The molecule has 0 bridgehead atoms. The summed E-state index contributed by atoms with van der Waals surface area (Å²) in [5.41, 5.74) is 1.14. The molecule has 0 spiro atoms. The SMILES string of the molecule is O=C=NCc1ccc2[nH]ccc2c1F. The Bertz CT molecular complexity index is 512. The molecule has 1 aromatic heterocycles. The van der Waals surface area contributed by atoms with Gasteiger partial charge in [0, 0.05) is 22.7 Å². The monoisotopic (exact) mass is 190 g/mol. The molecule has 0 aliphatic heterocycles. The van der Waals surface area contributed by atoms with Gasteiger partial charge in [0.1, 0.15) is 5.82 Å². The maximum atomic E-state index is 13.6. The van der Waals surface area contributed by atoms with Gasteiger partial charge in [-0.05, 0) is 12.1 Å². The molecule has 70 valence electrons. The van der Waals surface area contributed by atoms with E-state index in [2.05, 4.69) is 9.98 Å². The summed E-state index contributed by atoms with van der Waals surface area (Å²) in [6.45, 7) is 0.0381. The molecule has 14 heavy (non-hydrogen) atoms. The third kappa shape index (κ3) is 1.32. The van der Waals surface area contributed by atoms with E-state index in [1.165, 1.54) is 6.08 Å². The van der Waals surface area contributed by atoms with Crippen LogP contribution in [0.1, 0.15) is 5.56 Å². The van der Waals surface area contributed by atoms with Crippen molar-refractivity contribution < 1.29 is 9.18 Å². The van der Waals surface area contributed by atoms with Crippen LogP contribution in [-0.2, 0) is 11.3 Å². The van der Waals surface area contributed by atoms with Gasteiger partial charge in [0.15, 0.2) is 0 Å². The molecule has 0 unspecified atom stereocenters. The van der Waals surface area contributed by atoms with Crippen molar-refractivity contribution in [2.45, 2.75) is 6.54 Å². The van der Waals surface area contributed by atoms with E-state index in [0.29, 0.717) is 10.9 Å². The Hall–Kier alpha value is -1.93. The molecule has 4 heteroatoms. The van der Waals surface area contributed by atoms with Crippen LogP contribution >= 0.6 is 0 Å². The lowest BCUT2D eigenvalue weighted by Crippen LogP contribution is -1.88. The molecule has 0 radical (unpaired) electrons. The van der Waals surface area contributed by atoms with E-state index in [4.69, 9.17) is 0 Å². The van der Waals surface area contributed by atoms with Crippen molar-refractivity contribution in [2.75, 3.05) is 0 Å². The van der Waals surface area contributed by atoms with Crippen molar-refractivity contribution in [1.29, 1.82) is 0 Å². The largest absolute Gasteiger partial charge is 0.361 e. The van der Waals surface area contributed by atoms with E-state index in [1.807, 2.05) is 0 Å². The van der Waals surface area contributed by atoms with E-state index in [0.717, 1.165) is 5.52 Å². The Kier molecular flexibility index (Phi) is 2.13. The topological polar surface area (TPSA) is 45.2 Å². The fourth-order valence-corrected chi connectivity index (χ4v) is 1.38. The second-order valence-electron chi connectivity index (χ2n) is 2.89. The number of H-pyrrole nitrogens is 1. The van der Waals surface area contributed by atoms with Crippen LogP contribution in [0.4, 0.5) is 4.39 Å². The second kappa shape index (κ2) is 3.44. The van der Waals surface area contributed by atoms with Gasteiger partial charge >= 0.3 is 0 Å². The summed E-state index contributed by atoms with van der Waals surface area (Å²) in [6, 6.07) is 5.02. The average Bonchev–Trinajstić information content (AvgIpc) is 2.66. The standard InChI is InChI=1S/C10H7FN2O/c11-10-7(5-12-6-14)1-2-9-8(10)3-4-13-9/h1-4,13H,5H2. The number of benzene rings is 1. The van der Waals surface area contributed by atoms with Gasteiger partial charge in [0.2, 0.25) is 6.08 Å². The van der Waals surface area contributed by atoms with E-state index >= 15 is 0 Å². The van der Waals surface area contributed by atoms with Crippen LogP contribution in [-0.4, -0.2) is 11.1 Å². The highest BCUT2D eigenvalue weighted by atomic mass is 19.1. The molecule has 1 heterocycles. The molecule has 0 aliphatic rings.